The van der Waals surface area contributed by atoms with Gasteiger partial charge in [-0.05, 0) is 11.3 Å². The zero-order valence-electron chi connectivity index (χ0n) is 12.2. The van der Waals surface area contributed by atoms with Gasteiger partial charge in [0.1, 0.15) is 0 Å². The molecular weight excluding hydrogens is 242 g/mol. The van der Waals surface area contributed by atoms with Crippen molar-refractivity contribution < 1.29 is 9.59 Å². The molecule has 0 aromatic carbocycles. The molecule has 0 aliphatic carbocycles. The van der Waals surface area contributed by atoms with E-state index in [0.29, 0.717) is 12.3 Å². The molecule has 2 heterocycles. The van der Waals surface area contributed by atoms with Crippen LogP contribution in [0.25, 0.3) is 0 Å². The lowest BCUT2D eigenvalue weighted by atomic mass is 9.80. The second-order valence-corrected chi connectivity index (χ2v) is 6.67. The van der Waals surface area contributed by atoms with Crippen LogP contribution in [-0.2, 0) is 9.59 Å². The van der Waals surface area contributed by atoms with Gasteiger partial charge in [-0.1, -0.05) is 20.8 Å². The van der Waals surface area contributed by atoms with Crippen molar-refractivity contribution >= 4 is 11.8 Å². The summed E-state index contributed by atoms with van der Waals surface area (Å²) in [4.78, 5) is 27.7. The van der Waals surface area contributed by atoms with Gasteiger partial charge in [-0.2, -0.15) is 0 Å². The minimum Gasteiger partial charge on any atom is -0.339 e. The molecule has 0 aromatic heterocycles. The molecule has 0 bridgehead atoms. The van der Waals surface area contributed by atoms with Gasteiger partial charge in [0, 0.05) is 39.1 Å². The van der Waals surface area contributed by atoms with Gasteiger partial charge in [0.05, 0.1) is 6.54 Å². The number of rotatable bonds is 2. The summed E-state index contributed by atoms with van der Waals surface area (Å²) in [5.41, 5.74) is 0.127. The molecule has 0 saturated carbocycles. The quantitative estimate of drug-likeness (QED) is 0.783. The van der Waals surface area contributed by atoms with E-state index in [4.69, 9.17) is 0 Å². The van der Waals surface area contributed by atoms with Crippen LogP contribution in [0.2, 0.25) is 0 Å². The zero-order chi connectivity index (χ0) is 14.0. The Hall–Kier alpha value is -1.10. The molecule has 0 radical (unpaired) electrons. The Morgan fingerprint density at radius 2 is 1.95 bits per heavy atom. The summed E-state index contributed by atoms with van der Waals surface area (Å²) in [6.45, 7) is 10.7. The molecule has 5 nitrogen and oxygen atoms in total. The lowest BCUT2D eigenvalue weighted by Crippen LogP contribution is -2.49. The van der Waals surface area contributed by atoms with Crippen LogP contribution >= 0.6 is 0 Å². The summed E-state index contributed by atoms with van der Waals surface area (Å²) >= 11 is 0. The van der Waals surface area contributed by atoms with E-state index in [9.17, 15) is 9.59 Å². The summed E-state index contributed by atoms with van der Waals surface area (Å²) in [6.07, 6.45) is 0.582. The van der Waals surface area contributed by atoms with Crippen molar-refractivity contribution in [1.29, 1.82) is 0 Å². The Morgan fingerprint density at radius 1 is 1.32 bits per heavy atom. The Bertz CT molecular complexity index is 356. The predicted octanol–water partition coefficient (Wildman–Crippen LogP) is 0.313. The fourth-order valence-electron chi connectivity index (χ4n) is 2.68. The van der Waals surface area contributed by atoms with Gasteiger partial charge in [0.25, 0.3) is 0 Å². The van der Waals surface area contributed by atoms with Crippen LogP contribution in [-0.4, -0.2) is 60.9 Å². The highest BCUT2D eigenvalue weighted by atomic mass is 16.2. The minimum atomic E-state index is 0.0874. The monoisotopic (exact) mass is 267 g/mol. The van der Waals surface area contributed by atoms with Gasteiger partial charge >= 0.3 is 0 Å². The first kappa shape index (κ1) is 14.3. The maximum atomic E-state index is 12.2. The number of nitrogens with one attached hydrogen (secondary N) is 1. The molecule has 0 spiro atoms. The van der Waals surface area contributed by atoms with E-state index in [1.54, 1.807) is 4.90 Å². The maximum Gasteiger partial charge on any atom is 0.242 e. The molecule has 2 fully saturated rings. The maximum absolute atomic E-state index is 12.2. The SMILES string of the molecule is CC(C)(C)C1CC(=O)N(CC(=O)N2CCNCC2)C1. The van der Waals surface area contributed by atoms with E-state index in [2.05, 4.69) is 26.1 Å². The average Bonchev–Trinajstić information content (AvgIpc) is 2.72. The first-order chi connectivity index (χ1) is 8.88. The third kappa shape index (κ3) is 3.47. The van der Waals surface area contributed by atoms with E-state index in [0.717, 1.165) is 32.7 Å². The van der Waals surface area contributed by atoms with Crippen LogP contribution in [0.3, 0.4) is 0 Å². The van der Waals surface area contributed by atoms with Gasteiger partial charge in [-0.3, -0.25) is 9.59 Å². The molecule has 2 saturated heterocycles. The molecule has 0 aromatic rings. The van der Waals surface area contributed by atoms with Crippen LogP contribution in [0.1, 0.15) is 27.2 Å². The number of nitrogens with zero attached hydrogens (tertiary/aromatic N) is 2. The second kappa shape index (κ2) is 5.49. The van der Waals surface area contributed by atoms with Crippen molar-refractivity contribution in [1.82, 2.24) is 15.1 Å². The first-order valence-electron chi connectivity index (χ1n) is 7.14. The number of carbonyl (C=O) groups excluding carboxylic acids is 2. The first-order valence-corrected chi connectivity index (χ1v) is 7.14. The summed E-state index contributed by atoms with van der Waals surface area (Å²) in [5, 5.41) is 3.22. The van der Waals surface area contributed by atoms with Crippen LogP contribution in [0, 0.1) is 11.3 Å². The van der Waals surface area contributed by atoms with Crippen molar-refractivity contribution in [3.8, 4) is 0 Å². The Labute approximate surface area is 115 Å². The van der Waals surface area contributed by atoms with E-state index in [-0.39, 0.29) is 23.8 Å². The lowest BCUT2D eigenvalue weighted by molar-refractivity contribution is -0.138. The smallest absolute Gasteiger partial charge is 0.242 e. The fourth-order valence-corrected chi connectivity index (χ4v) is 2.68. The van der Waals surface area contributed by atoms with Gasteiger partial charge in [0.2, 0.25) is 11.8 Å². The standard InChI is InChI=1S/C14H25N3O2/c1-14(2,3)11-8-12(18)17(9-11)10-13(19)16-6-4-15-5-7-16/h11,15H,4-10H2,1-3H3. The van der Waals surface area contributed by atoms with Gasteiger partial charge in [0.15, 0.2) is 0 Å². The molecule has 5 heteroatoms. The van der Waals surface area contributed by atoms with Crippen molar-refractivity contribution in [3.05, 3.63) is 0 Å². The summed E-state index contributed by atoms with van der Waals surface area (Å²) in [5.74, 6) is 0.573. The lowest BCUT2D eigenvalue weighted by Gasteiger charge is -2.30. The molecule has 1 N–H and O–H groups in total. The number of hydrogen-bond donors (Lipinski definition) is 1. The number of hydrogen-bond acceptors (Lipinski definition) is 3. The third-order valence-corrected chi connectivity index (χ3v) is 4.24. The average molecular weight is 267 g/mol. The van der Waals surface area contributed by atoms with E-state index >= 15 is 0 Å². The van der Waals surface area contributed by atoms with Crippen molar-refractivity contribution in [2.45, 2.75) is 27.2 Å². The number of amides is 2. The van der Waals surface area contributed by atoms with E-state index < -0.39 is 0 Å². The van der Waals surface area contributed by atoms with Crippen LogP contribution in [0.15, 0.2) is 0 Å². The number of carbonyl (C=O) groups is 2. The Kier molecular flexibility index (Phi) is 4.13. The van der Waals surface area contributed by atoms with Gasteiger partial charge in [-0.25, -0.2) is 0 Å². The highest BCUT2D eigenvalue weighted by molar-refractivity contribution is 5.86. The normalized spacial score (nSPS) is 25.0. The largest absolute Gasteiger partial charge is 0.339 e. The molecule has 19 heavy (non-hydrogen) atoms. The number of likely N-dealkylation sites (tertiary alicyclic amines) is 1. The molecule has 1 atom stereocenters. The summed E-state index contributed by atoms with van der Waals surface area (Å²) in [7, 11) is 0. The molecule has 2 aliphatic heterocycles. The van der Waals surface area contributed by atoms with Crippen LogP contribution < -0.4 is 5.32 Å². The molecule has 2 aliphatic rings. The van der Waals surface area contributed by atoms with Crippen molar-refractivity contribution in [2.24, 2.45) is 11.3 Å². The van der Waals surface area contributed by atoms with Crippen LogP contribution in [0.5, 0.6) is 0 Å². The van der Waals surface area contributed by atoms with Crippen molar-refractivity contribution in [3.63, 3.8) is 0 Å². The number of piperazine rings is 1. The third-order valence-electron chi connectivity index (χ3n) is 4.24. The zero-order valence-corrected chi connectivity index (χ0v) is 12.2. The molecule has 1 unspecified atom stereocenters. The van der Waals surface area contributed by atoms with Crippen LogP contribution in [0.4, 0.5) is 0 Å². The highest BCUT2D eigenvalue weighted by Crippen LogP contribution is 2.34. The highest BCUT2D eigenvalue weighted by Gasteiger charge is 2.37. The minimum absolute atomic E-state index is 0.0874. The van der Waals surface area contributed by atoms with E-state index in [1.165, 1.54) is 0 Å². The topological polar surface area (TPSA) is 52.7 Å². The molecule has 2 amide bonds. The summed E-state index contributed by atoms with van der Waals surface area (Å²) < 4.78 is 0. The van der Waals surface area contributed by atoms with Gasteiger partial charge < -0.3 is 15.1 Å². The van der Waals surface area contributed by atoms with E-state index in [1.807, 2.05) is 4.90 Å². The summed E-state index contributed by atoms with van der Waals surface area (Å²) in [6, 6.07) is 0. The predicted molar refractivity (Wildman–Crippen MR) is 73.6 cm³/mol. The fraction of sp³-hybridized carbons (Fsp3) is 0.857. The molecule has 2 rings (SSSR count). The Morgan fingerprint density at radius 3 is 2.47 bits per heavy atom. The second-order valence-electron chi connectivity index (χ2n) is 6.67. The Balaban J connectivity index is 1.89. The molecule has 108 valence electrons. The van der Waals surface area contributed by atoms with Gasteiger partial charge in [-0.15, -0.1) is 0 Å². The van der Waals surface area contributed by atoms with Crippen molar-refractivity contribution in [2.75, 3.05) is 39.3 Å². The molecular formula is C14H25N3O2.